The third-order valence-electron chi connectivity index (χ3n) is 6.96. The summed E-state index contributed by atoms with van der Waals surface area (Å²) in [5.41, 5.74) is 1.26. The first-order valence-corrected chi connectivity index (χ1v) is 12.1. The second-order valence-electron chi connectivity index (χ2n) is 9.46. The fraction of sp³-hybridized carbons (Fsp3) is 0.640. The Hall–Kier alpha value is -2.08. The molecule has 0 spiro atoms. The molecule has 1 heterocycles. The van der Waals surface area contributed by atoms with Crippen molar-refractivity contribution in [2.45, 2.75) is 64.3 Å². The Balaban J connectivity index is 1.57. The van der Waals surface area contributed by atoms with E-state index in [2.05, 4.69) is 17.4 Å². The summed E-state index contributed by atoms with van der Waals surface area (Å²) < 4.78 is 4.86. The van der Waals surface area contributed by atoms with Crippen molar-refractivity contribution >= 4 is 29.4 Å². The molecule has 1 aliphatic heterocycles. The second-order valence-corrected chi connectivity index (χ2v) is 9.90. The quantitative estimate of drug-likeness (QED) is 0.644. The summed E-state index contributed by atoms with van der Waals surface area (Å²) in [4.78, 5) is 40.0. The van der Waals surface area contributed by atoms with E-state index in [-0.39, 0.29) is 35.5 Å². The van der Waals surface area contributed by atoms with E-state index in [0.717, 1.165) is 37.1 Å². The lowest BCUT2D eigenvalue weighted by molar-refractivity contribution is -0.148. The Morgan fingerprint density at radius 3 is 2.25 bits per heavy atom. The van der Waals surface area contributed by atoms with Crippen molar-refractivity contribution in [2.75, 3.05) is 20.2 Å². The molecule has 3 atom stereocenters. The molecule has 32 heavy (non-hydrogen) atoms. The number of benzene rings is 1. The minimum Gasteiger partial charge on any atom is -0.469 e. The number of carbonyl (C=O) groups excluding carboxylic acids is 3. The van der Waals surface area contributed by atoms with Gasteiger partial charge in [-0.1, -0.05) is 44.0 Å². The number of piperidine rings is 1. The Kier molecular flexibility index (Phi) is 8.57. The van der Waals surface area contributed by atoms with Gasteiger partial charge in [0.1, 0.15) is 6.04 Å². The lowest BCUT2D eigenvalue weighted by Gasteiger charge is -2.36. The zero-order valence-electron chi connectivity index (χ0n) is 19.3. The number of hydrogen-bond donors (Lipinski definition) is 1. The van der Waals surface area contributed by atoms with E-state index in [4.69, 9.17) is 16.3 Å². The topological polar surface area (TPSA) is 75.7 Å². The van der Waals surface area contributed by atoms with Crippen molar-refractivity contribution in [2.24, 2.45) is 17.8 Å². The zero-order valence-corrected chi connectivity index (χ0v) is 20.1. The van der Waals surface area contributed by atoms with Crippen molar-refractivity contribution in [3.63, 3.8) is 0 Å². The Bertz CT molecular complexity index is 803. The van der Waals surface area contributed by atoms with E-state index < -0.39 is 6.04 Å². The van der Waals surface area contributed by atoms with Crippen LogP contribution in [0.5, 0.6) is 0 Å². The number of nitrogens with zero attached hydrogens (tertiary/aromatic N) is 1. The minimum absolute atomic E-state index is 0.0109. The van der Waals surface area contributed by atoms with E-state index in [9.17, 15) is 14.4 Å². The minimum atomic E-state index is -0.548. The van der Waals surface area contributed by atoms with Gasteiger partial charge in [0.15, 0.2) is 0 Å². The van der Waals surface area contributed by atoms with Gasteiger partial charge >= 0.3 is 5.97 Å². The highest BCUT2D eigenvalue weighted by Gasteiger charge is 2.36. The molecule has 6 nitrogen and oxygen atoms in total. The summed E-state index contributed by atoms with van der Waals surface area (Å²) in [7, 11) is 1.38. The fourth-order valence-corrected chi connectivity index (χ4v) is 5.08. The van der Waals surface area contributed by atoms with Gasteiger partial charge in [-0.25, -0.2) is 0 Å². The molecule has 0 aromatic heterocycles. The van der Waals surface area contributed by atoms with Gasteiger partial charge in [0.05, 0.1) is 13.0 Å². The standard InChI is InChI=1S/C25H35ClN2O4/c1-16(2)22(27-23(29)19-5-4-6-20(15-19)25(31)32-3)24(30)28-13-11-18(12-14-28)17-7-9-21(26)10-8-17/h7-10,16,18-20,22H,4-6,11-15H2,1-3H3,(H,27,29)/t19?,20?,22-/m1/s1. The highest BCUT2D eigenvalue weighted by atomic mass is 35.5. The molecule has 2 aliphatic rings. The van der Waals surface area contributed by atoms with Crippen LogP contribution in [0, 0.1) is 17.8 Å². The maximum Gasteiger partial charge on any atom is 0.308 e. The molecule has 1 saturated carbocycles. The van der Waals surface area contributed by atoms with Gasteiger partial charge in [-0.2, -0.15) is 0 Å². The molecule has 0 radical (unpaired) electrons. The first kappa shape index (κ1) is 24.6. The highest BCUT2D eigenvalue weighted by Crippen LogP contribution is 2.31. The Morgan fingerprint density at radius 2 is 1.66 bits per heavy atom. The summed E-state index contributed by atoms with van der Waals surface area (Å²) in [5.74, 6) is -0.462. The van der Waals surface area contributed by atoms with E-state index >= 15 is 0 Å². The third kappa shape index (κ3) is 6.03. The maximum absolute atomic E-state index is 13.3. The smallest absolute Gasteiger partial charge is 0.308 e. The predicted molar refractivity (Wildman–Crippen MR) is 124 cm³/mol. The number of likely N-dealkylation sites (tertiary alicyclic amines) is 1. The summed E-state index contributed by atoms with van der Waals surface area (Å²) in [6.07, 6.45) is 4.60. The van der Waals surface area contributed by atoms with Gasteiger partial charge in [-0.05, 0) is 61.6 Å². The van der Waals surface area contributed by atoms with Crippen LogP contribution in [0.3, 0.4) is 0 Å². The Labute approximate surface area is 196 Å². The largest absolute Gasteiger partial charge is 0.469 e. The van der Waals surface area contributed by atoms with E-state index in [0.29, 0.717) is 25.4 Å². The van der Waals surface area contributed by atoms with Crippen LogP contribution in [-0.4, -0.2) is 48.9 Å². The number of esters is 1. The molecule has 1 aromatic rings. The molecular formula is C25H35ClN2O4. The van der Waals surface area contributed by atoms with Gasteiger partial charge in [-0.3, -0.25) is 14.4 Å². The first-order chi connectivity index (χ1) is 15.3. The van der Waals surface area contributed by atoms with E-state index in [1.807, 2.05) is 30.9 Å². The van der Waals surface area contributed by atoms with Gasteiger partial charge in [0.2, 0.25) is 11.8 Å². The van der Waals surface area contributed by atoms with Crippen LogP contribution in [0.1, 0.15) is 63.9 Å². The number of amides is 2. The molecule has 176 valence electrons. The number of ether oxygens (including phenoxy) is 1. The van der Waals surface area contributed by atoms with E-state index in [1.54, 1.807) is 0 Å². The number of methoxy groups -OCH3 is 1. The van der Waals surface area contributed by atoms with Crippen molar-refractivity contribution in [3.8, 4) is 0 Å². The average Bonchev–Trinajstić information content (AvgIpc) is 2.82. The van der Waals surface area contributed by atoms with Crippen molar-refractivity contribution < 1.29 is 19.1 Å². The lowest BCUT2D eigenvalue weighted by Crippen LogP contribution is -2.54. The van der Waals surface area contributed by atoms with Crippen LogP contribution in [0.2, 0.25) is 5.02 Å². The molecule has 2 amide bonds. The average molecular weight is 463 g/mol. The van der Waals surface area contributed by atoms with Crippen LogP contribution >= 0.6 is 11.6 Å². The summed E-state index contributed by atoms with van der Waals surface area (Å²) in [5, 5.41) is 3.74. The van der Waals surface area contributed by atoms with Crippen molar-refractivity contribution in [1.82, 2.24) is 10.2 Å². The summed E-state index contributed by atoms with van der Waals surface area (Å²) in [6.45, 7) is 5.28. The van der Waals surface area contributed by atoms with Crippen LogP contribution in [0.25, 0.3) is 0 Å². The van der Waals surface area contributed by atoms with Gasteiger partial charge in [0, 0.05) is 24.0 Å². The number of carbonyl (C=O) groups is 3. The first-order valence-electron chi connectivity index (χ1n) is 11.7. The number of rotatable bonds is 6. The van der Waals surface area contributed by atoms with Crippen LogP contribution in [-0.2, 0) is 19.1 Å². The number of halogens is 1. The lowest BCUT2D eigenvalue weighted by atomic mass is 9.80. The van der Waals surface area contributed by atoms with Crippen LogP contribution in [0.15, 0.2) is 24.3 Å². The summed E-state index contributed by atoms with van der Waals surface area (Å²) in [6, 6.07) is 7.40. The summed E-state index contributed by atoms with van der Waals surface area (Å²) >= 11 is 6.00. The predicted octanol–water partition coefficient (Wildman–Crippen LogP) is 4.17. The second kappa shape index (κ2) is 11.2. The number of hydrogen-bond acceptors (Lipinski definition) is 4. The molecule has 1 aromatic carbocycles. The molecule has 1 saturated heterocycles. The van der Waals surface area contributed by atoms with Crippen molar-refractivity contribution in [3.05, 3.63) is 34.9 Å². The third-order valence-corrected chi connectivity index (χ3v) is 7.21. The molecule has 7 heteroatoms. The molecule has 2 unspecified atom stereocenters. The molecule has 3 rings (SSSR count). The molecular weight excluding hydrogens is 428 g/mol. The molecule has 1 N–H and O–H groups in total. The number of nitrogens with one attached hydrogen (secondary N) is 1. The molecule has 0 bridgehead atoms. The maximum atomic E-state index is 13.3. The monoisotopic (exact) mass is 462 g/mol. The highest BCUT2D eigenvalue weighted by molar-refractivity contribution is 6.30. The van der Waals surface area contributed by atoms with Crippen molar-refractivity contribution in [1.29, 1.82) is 0 Å². The van der Waals surface area contributed by atoms with Gasteiger partial charge < -0.3 is 15.0 Å². The van der Waals surface area contributed by atoms with Gasteiger partial charge in [0.25, 0.3) is 0 Å². The zero-order chi connectivity index (χ0) is 23.3. The molecule has 2 fully saturated rings. The Morgan fingerprint density at radius 1 is 1.03 bits per heavy atom. The normalized spacial score (nSPS) is 23.0. The van der Waals surface area contributed by atoms with E-state index in [1.165, 1.54) is 12.7 Å². The SMILES string of the molecule is COC(=O)C1CCCC(C(=O)N[C@@H](C(=O)N2CCC(c3ccc(Cl)cc3)CC2)C(C)C)C1. The van der Waals surface area contributed by atoms with Gasteiger partial charge in [-0.15, -0.1) is 0 Å². The molecule has 1 aliphatic carbocycles. The fourth-order valence-electron chi connectivity index (χ4n) is 4.96. The van der Waals surface area contributed by atoms with Crippen LogP contribution < -0.4 is 5.32 Å². The van der Waals surface area contributed by atoms with Crippen LogP contribution in [0.4, 0.5) is 0 Å².